The summed E-state index contributed by atoms with van der Waals surface area (Å²) in [7, 11) is 0. The lowest BCUT2D eigenvalue weighted by atomic mass is 10.2. The molecule has 0 saturated heterocycles. The highest BCUT2D eigenvalue weighted by Crippen LogP contribution is 2.06. The molecule has 0 aromatic rings. The Bertz CT molecular complexity index is 148. The van der Waals surface area contributed by atoms with E-state index in [0.29, 0.717) is 13.0 Å². The van der Waals surface area contributed by atoms with Crippen molar-refractivity contribution in [3.63, 3.8) is 0 Å². The Morgan fingerprint density at radius 2 is 1.86 bits per heavy atom. The van der Waals surface area contributed by atoms with Crippen molar-refractivity contribution in [1.82, 2.24) is 0 Å². The Labute approximate surface area is 92.0 Å². The van der Waals surface area contributed by atoms with Crippen LogP contribution in [-0.4, -0.2) is 18.0 Å². The number of unbranched alkanes of at least 4 members (excludes halogenated alkanes) is 4. The number of carbonyl (C=O) groups is 1. The van der Waals surface area contributed by atoms with Crippen LogP contribution in [0.4, 0.5) is 0 Å². The van der Waals surface area contributed by atoms with Crippen molar-refractivity contribution in [3.05, 3.63) is 0 Å². The van der Waals surface area contributed by atoms with E-state index in [-0.39, 0.29) is 5.97 Å². The Kier molecular flexibility index (Phi) is 9.16. The molecule has 0 aromatic heterocycles. The maximum Gasteiger partial charge on any atom is 0.324 e. The maximum atomic E-state index is 11.1. The van der Waals surface area contributed by atoms with Gasteiger partial charge in [-0.25, -0.2) is 0 Å². The molecule has 0 aliphatic heterocycles. The molecule has 0 saturated carbocycles. The first-order valence-electron chi connectivity index (χ1n) is 5.53. The SMILES string of the molecule is CCCCCCCOC(=O)C(Cl)CC. The van der Waals surface area contributed by atoms with Crippen LogP contribution in [0.3, 0.4) is 0 Å². The van der Waals surface area contributed by atoms with Gasteiger partial charge in [0.1, 0.15) is 5.38 Å². The van der Waals surface area contributed by atoms with Gasteiger partial charge in [0.2, 0.25) is 0 Å². The highest BCUT2D eigenvalue weighted by molar-refractivity contribution is 6.29. The fourth-order valence-corrected chi connectivity index (χ4v) is 1.20. The van der Waals surface area contributed by atoms with Gasteiger partial charge in [0.05, 0.1) is 6.61 Å². The van der Waals surface area contributed by atoms with Gasteiger partial charge in [0.25, 0.3) is 0 Å². The molecule has 0 radical (unpaired) electrons. The van der Waals surface area contributed by atoms with Crippen molar-refractivity contribution in [2.75, 3.05) is 6.61 Å². The minimum atomic E-state index is -0.467. The summed E-state index contributed by atoms with van der Waals surface area (Å²) in [6, 6.07) is 0. The monoisotopic (exact) mass is 220 g/mol. The molecule has 0 fully saturated rings. The lowest BCUT2D eigenvalue weighted by molar-refractivity contribution is -0.143. The largest absolute Gasteiger partial charge is 0.465 e. The number of alkyl halides is 1. The lowest BCUT2D eigenvalue weighted by Crippen LogP contribution is -2.17. The third kappa shape index (κ3) is 7.19. The quantitative estimate of drug-likeness (QED) is 0.356. The van der Waals surface area contributed by atoms with Crippen LogP contribution in [0.2, 0.25) is 0 Å². The first kappa shape index (κ1) is 13.8. The Balaban J connectivity index is 3.23. The molecular weight excluding hydrogens is 200 g/mol. The Morgan fingerprint density at radius 1 is 1.21 bits per heavy atom. The van der Waals surface area contributed by atoms with Gasteiger partial charge in [-0.1, -0.05) is 39.5 Å². The molecule has 0 aromatic carbocycles. The molecule has 1 atom stereocenters. The van der Waals surface area contributed by atoms with Gasteiger partial charge in [-0.3, -0.25) is 4.79 Å². The van der Waals surface area contributed by atoms with Crippen LogP contribution < -0.4 is 0 Å². The van der Waals surface area contributed by atoms with Crippen molar-refractivity contribution in [2.45, 2.75) is 57.7 Å². The van der Waals surface area contributed by atoms with E-state index in [1.165, 1.54) is 19.3 Å². The summed E-state index contributed by atoms with van der Waals surface area (Å²) in [5.41, 5.74) is 0. The second kappa shape index (κ2) is 9.32. The highest BCUT2D eigenvalue weighted by atomic mass is 35.5. The number of rotatable bonds is 8. The molecule has 0 amide bonds. The van der Waals surface area contributed by atoms with Gasteiger partial charge in [-0.05, 0) is 12.8 Å². The van der Waals surface area contributed by atoms with E-state index in [2.05, 4.69) is 6.92 Å². The van der Waals surface area contributed by atoms with Gasteiger partial charge in [-0.2, -0.15) is 0 Å². The molecular formula is C11H21ClO2. The lowest BCUT2D eigenvalue weighted by Gasteiger charge is -2.07. The summed E-state index contributed by atoms with van der Waals surface area (Å²) in [5, 5.41) is -0.467. The molecule has 2 nitrogen and oxygen atoms in total. The Hall–Kier alpha value is -0.240. The van der Waals surface area contributed by atoms with Crippen LogP contribution in [0, 0.1) is 0 Å². The molecule has 0 bridgehead atoms. The molecule has 0 heterocycles. The third-order valence-electron chi connectivity index (χ3n) is 2.11. The molecule has 3 heteroatoms. The van der Waals surface area contributed by atoms with Crippen LogP contribution in [0.25, 0.3) is 0 Å². The minimum absolute atomic E-state index is 0.273. The molecule has 1 unspecified atom stereocenters. The summed E-state index contributed by atoms with van der Waals surface area (Å²) >= 11 is 5.70. The smallest absolute Gasteiger partial charge is 0.324 e. The Morgan fingerprint density at radius 3 is 2.43 bits per heavy atom. The minimum Gasteiger partial charge on any atom is -0.465 e. The number of hydrogen-bond donors (Lipinski definition) is 0. The number of halogens is 1. The van der Waals surface area contributed by atoms with Crippen molar-refractivity contribution in [3.8, 4) is 0 Å². The maximum absolute atomic E-state index is 11.1. The number of ether oxygens (including phenoxy) is 1. The van der Waals surface area contributed by atoms with Crippen molar-refractivity contribution in [1.29, 1.82) is 0 Å². The zero-order chi connectivity index (χ0) is 10.8. The number of hydrogen-bond acceptors (Lipinski definition) is 2. The van der Waals surface area contributed by atoms with E-state index in [1.54, 1.807) is 0 Å². The van der Waals surface area contributed by atoms with Crippen molar-refractivity contribution >= 4 is 17.6 Å². The van der Waals surface area contributed by atoms with Crippen LogP contribution >= 0.6 is 11.6 Å². The molecule has 0 aliphatic carbocycles. The van der Waals surface area contributed by atoms with Crippen molar-refractivity contribution in [2.24, 2.45) is 0 Å². The normalized spacial score (nSPS) is 12.5. The van der Waals surface area contributed by atoms with Gasteiger partial charge in [0, 0.05) is 0 Å². The molecule has 0 aliphatic rings. The van der Waals surface area contributed by atoms with Crippen LogP contribution in [0.1, 0.15) is 52.4 Å². The predicted octanol–water partition coefficient (Wildman–Crippen LogP) is 3.52. The predicted molar refractivity (Wildman–Crippen MR) is 59.7 cm³/mol. The summed E-state index contributed by atoms with van der Waals surface area (Å²) < 4.78 is 5.00. The van der Waals surface area contributed by atoms with Crippen LogP contribution in [0.15, 0.2) is 0 Å². The van der Waals surface area contributed by atoms with E-state index in [0.717, 1.165) is 12.8 Å². The molecule has 0 spiro atoms. The van der Waals surface area contributed by atoms with Gasteiger partial charge in [-0.15, -0.1) is 11.6 Å². The second-order valence-electron chi connectivity index (χ2n) is 3.46. The second-order valence-corrected chi connectivity index (χ2v) is 3.98. The molecule has 0 N–H and O–H groups in total. The van der Waals surface area contributed by atoms with E-state index in [9.17, 15) is 4.79 Å². The van der Waals surface area contributed by atoms with Crippen molar-refractivity contribution < 1.29 is 9.53 Å². The summed E-state index contributed by atoms with van der Waals surface area (Å²) in [6.45, 7) is 4.57. The van der Waals surface area contributed by atoms with Crippen LogP contribution in [-0.2, 0) is 9.53 Å². The highest BCUT2D eigenvalue weighted by Gasteiger charge is 2.13. The first-order valence-corrected chi connectivity index (χ1v) is 5.96. The van der Waals surface area contributed by atoms with Gasteiger partial charge in [0.15, 0.2) is 0 Å². The average Bonchev–Trinajstić information content (AvgIpc) is 2.21. The summed E-state index contributed by atoms with van der Waals surface area (Å²) in [5.74, 6) is -0.273. The number of carbonyl (C=O) groups excluding carboxylic acids is 1. The summed E-state index contributed by atoms with van der Waals surface area (Å²) in [6.07, 6.45) is 6.46. The fourth-order valence-electron chi connectivity index (χ4n) is 1.14. The van der Waals surface area contributed by atoms with E-state index >= 15 is 0 Å². The van der Waals surface area contributed by atoms with E-state index in [4.69, 9.17) is 16.3 Å². The van der Waals surface area contributed by atoms with Gasteiger partial charge < -0.3 is 4.74 Å². The first-order chi connectivity index (χ1) is 6.72. The van der Waals surface area contributed by atoms with Gasteiger partial charge >= 0.3 is 5.97 Å². The standard InChI is InChI=1S/C11H21ClO2/c1-3-5-6-7-8-9-14-11(13)10(12)4-2/h10H,3-9H2,1-2H3. The average molecular weight is 221 g/mol. The molecule has 0 rings (SSSR count). The third-order valence-corrected chi connectivity index (χ3v) is 2.59. The number of esters is 1. The summed E-state index contributed by atoms with van der Waals surface area (Å²) in [4.78, 5) is 11.1. The van der Waals surface area contributed by atoms with Crippen LogP contribution in [0.5, 0.6) is 0 Å². The topological polar surface area (TPSA) is 26.3 Å². The van der Waals surface area contributed by atoms with E-state index < -0.39 is 5.38 Å². The zero-order valence-electron chi connectivity index (χ0n) is 9.22. The molecule has 14 heavy (non-hydrogen) atoms. The fraction of sp³-hybridized carbons (Fsp3) is 0.909. The zero-order valence-corrected chi connectivity index (χ0v) is 9.98. The van der Waals surface area contributed by atoms with E-state index in [1.807, 2.05) is 6.92 Å². The molecule has 84 valence electrons.